The van der Waals surface area contributed by atoms with E-state index in [0.717, 1.165) is 30.5 Å². The van der Waals surface area contributed by atoms with Crippen LogP contribution in [0.5, 0.6) is 0 Å². The van der Waals surface area contributed by atoms with Crippen molar-refractivity contribution in [3.63, 3.8) is 0 Å². The van der Waals surface area contributed by atoms with Gasteiger partial charge in [-0.15, -0.1) is 0 Å². The standard InChI is InChI=1S/C20H22F2N4O2S/c1-3-12(2)25-29(27,28)15-7-9-19-16(11-15)20(24-26(19)14-5-6-14)23-13-4-8-17(21)18(22)10-13/h4,7-12,14,25H,3,5-6H2,1-2H3,(H,23,24). The molecule has 9 heteroatoms. The van der Waals surface area contributed by atoms with Crippen molar-refractivity contribution in [2.24, 2.45) is 0 Å². The third-order valence-electron chi connectivity index (χ3n) is 5.03. The molecule has 3 aromatic rings. The van der Waals surface area contributed by atoms with Crippen molar-refractivity contribution >= 4 is 32.4 Å². The number of anilines is 2. The number of nitrogens with zero attached hydrogens (tertiary/aromatic N) is 2. The first kappa shape index (κ1) is 19.8. The second kappa shape index (κ2) is 7.38. The molecule has 0 spiro atoms. The van der Waals surface area contributed by atoms with E-state index in [9.17, 15) is 17.2 Å². The maximum Gasteiger partial charge on any atom is 0.240 e. The summed E-state index contributed by atoms with van der Waals surface area (Å²) in [6.45, 7) is 3.71. The lowest BCUT2D eigenvalue weighted by Crippen LogP contribution is -2.31. The highest BCUT2D eigenvalue weighted by molar-refractivity contribution is 7.89. The first-order valence-corrected chi connectivity index (χ1v) is 11.0. The van der Waals surface area contributed by atoms with Gasteiger partial charge in [0.05, 0.1) is 16.5 Å². The molecule has 1 aliphatic carbocycles. The zero-order valence-corrected chi connectivity index (χ0v) is 16.9. The van der Waals surface area contributed by atoms with Crippen LogP contribution >= 0.6 is 0 Å². The lowest BCUT2D eigenvalue weighted by molar-refractivity contribution is 0.509. The zero-order valence-electron chi connectivity index (χ0n) is 16.1. The molecule has 0 aliphatic heterocycles. The first-order valence-electron chi connectivity index (χ1n) is 9.55. The monoisotopic (exact) mass is 420 g/mol. The summed E-state index contributed by atoms with van der Waals surface area (Å²) < 4.78 is 56.7. The summed E-state index contributed by atoms with van der Waals surface area (Å²) >= 11 is 0. The van der Waals surface area contributed by atoms with Gasteiger partial charge in [-0.1, -0.05) is 6.92 Å². The van der Waals surface area contributed by atoms with E-state index >= 15 is 0 Å². The van der Waals surface area contributed by atoms with Gasteiger partial charge < -0.3 is 5.32 Å². The number of nitrogens with one attached hydrogen (secondary N) is 2. The minimum absolute atomic E-state index is 0.133. The third kappa shape index (κ3) is 3.97. The molecular weight excluding hydrogens is 398 g/mol. The predicted molar refractivity (Wildman–Crippen MR) is 108 cm³/mol. The van der Waals surface area contributed by atoms with Gasteiger partial charge in [0.2, 0.25) is 10.0 Å². The van der Waals surface area contributed by atoms with Crippen LogP contribution in [-0.4, -0.2) is 24.2 Å². The summed E-state index contributed by atoms with van der Waals surface area (Å²) in [5.74, 6) is -1.51. The van der Waals surface area contributed by atoms with Gasteiger partial charge in [0.15, 0.2) is 17.5 Å². The molecule has 1 aromatic heterocycles. The number of aromatic nitrogens is 2. The Bertz CT molecular complexity index is 1170. The van der Waals surface area contributed by atoms with Crippen LogP contribution in [0.2, 0.25) is 0 Å². The number of benzene rings is 2. The van der Waals surface area contributed by atoms with E-state index in [2.05, 4.69) is 15.1 Å². The number of halogens is 2. The average molecular weight is 420 g/mol. The van der Waals surface area contributed by atoms with E-state index < -0.39 is 21.7 Å². The van der Waals surface area contributed by atoms with Gasteiger partial charge in [-0.3, -0.25) is 4.68 Å². The Labute approximate surface area is 168 Å². The Morgan fingerprint density at radius 3 is 2.59 bits per heavy atom. The van der Waals surface area contributed by atoms with Gasteiger partial charge in [-0.05, 0) is 56.5 Å². The highest BCUT2D eigenvalue weighted by Crippen LogP contribution is 2.39. The van der Waals surface area contributed by atoms with Crippen LogP contribution < -0.4 is 10.0 Å². The summed E-state index contributed by atoms with van der Waals surface area (Å²) in [5.41, 5.74) is 1.12. The first-order chi connectivity index (χ1) is 13.8. The Hall–Kier alpha value is -2.52. The molecule has 1 aliphatic rings. The Morgan fingerprint density at radius 1 is 1.17 bits per heavy atom. The number of hydrogen-bond acceptors (Lipinski definition) is 4. The maximum atomic E-state index is 13.6. The van der Waals surface area contributed by atoms with Crippen molar-refractivity contribution in [1.82, 2.24) is 14.5 Å². The molecule has 4 rings (SSSR count). The Balaban J connectivity index is 1.77. The van der Waals surface area contributed by atoms with Crippen molar-refractivity contribution in [1.29, 1.82) is 0 Å². The van der Waals surface area contributed by atoms with Crippen molar-refractivity contribution in [2.75, 3.05) is 5.32 Å². The minimum atomic E-state index is -3.68. The second-order valence-electron chi connectivity index (χ2n) is 7.39. The molecule has 0 bridgehead atoms. The third-order valence-corrected chi connectivity index (χ3v) is 6.62. The van der Waals surface area contributed by atoms with Crippen LogP contribution in [0, 0.1) is 11.6 Å². The summed E-state index contributed by atoms with van der Waals surface area (Å²) in [6, 6.07) is 8.42. The molecule has 0 radical (unpaired) electrons. The van der Waals surface area contributed by atoms with Crippen LogP contribution in [0.3, 0.4) is 0 Å². The number of rotatable bonds is 7. The summed E-state index contributed by atoms with van der Waals surface area (Å²) in [6.07, 6.45) is 2.66. The van der Waals surface area contributed by atoms with Crippen molar-refractivity contribution in [2.45, 2.75) is 50.1 Å². The largest absolute Gasteiger partial charge is 0.338 e. The summed E-state index contributed by atoms with van der Waals surface area (Å²) in [5, 5.41) is 8.17. The molecule has 29 heavy (non-hydrogen) atoms. The van der Waals surface area contributed by atoms with Gasteiger partial charge in [0, 0.05) is 23.2 Å². The fourth-order valence-corrected chi connectivity index (χ4v) is 4.46. The minimum Gasteiger partial charge on any atom is -0.338 e. The smallest absolute Gasteiger partial charge is 0.240 e. The van der Waals surface area contributed by atoms with E-state index in [1.165, 1.54) is 6.07 Å². The Morgan fingerprint density at radius 2 is 1.93 bits per heavy atom. The maximum absolute atomic E-state index is 13.6. The summed E-state index contributed by atoms with van der Waals surface area (Å²) in [4.78, 5) is 0.133. The second-order valence-corrected chi connectivity index (χ2v) is 9.10. The Kier molecular flexibility index (Phi) is 5.04. The van der Waals surface area contributed by atoms with Gasteiger partial charge in [0.25, 0.3) is 0 Å². The molecule has 0 saturated heterocycles. The molecule has 2 aromatic carbocycles. The molecule has 2 N–H and O–H groups in total. The molecule has 1 heterocycles. The zero-order chi connectivity index (χ0) is 20.8. The van der Waals surface area contributed by atoms with Crippen LogP contribution in [0.4, 0.5) is 20.3 Å². The topological polar surface area (TPSA) is 76.0 Å². The lowest BCUT2D eigenvalue weighted by atomic mass is 10.2. The lowest BCUT2D eigenvalue weighted by Gasteiger charge is -2.12. The van der Waals surface area contributed by atoms with E-state index in [-0.39, 0.29) is 17.0 Å². The molecule has 1 atom stereocenters. The fourth-order valence-electron chi connectivity index (χ4n) is 3.10. The molecule has 1 fully saturated rings. The predicted octanol–water partition coefficient (Wildman–Crippen LogP) is 4.47. The molecule has 0 amide bonds. The van der Waals surface area contributed by atoms with E-state index in [1.54, 1.807) is 25.1 Å². The fraction of sp³-hybridized carbons (Fsp3) is 0.350. The normalized spacial score (nSPS) is 15.6. The van der Waals surface area contributed by atoms with Crippen LogP contribution in [-0.2, 0) is 10.0 Å². The molecule has 154 valence electrons. The molecule has 1 saturated carbocycles. The molecular formula is C20H22F2N4O2S. The van der Waals surface area contributed by atoms with Crippen molar-refractivity contribution in [3.05, 3.63) is 48.0 Å². The van der Waals surface area contributed by atoms with E-state index in [0.29, 0.717) is 23.3 Å². The quantitative estimate of drug-likeness (QED) is 0.591. The van der Waals surface area contributed by atoms with Gasteiger partial charge >= 0.3 is 0 Å². The van der Waals surface area contributed by atoms with Crippen molar-refractivity contribution < 1.29 is 17.2 Å². The molecule has 1 unspecified atom stereocenters. The SMILES string of the molecule is CCC(C)NS(=O)(=O)c1ccc2c(c1)c(Nc1ccc(F)c(F)c1)nn2C1CC1. The van der Waals surface area contributed by atoms with Gasteiger partial charge in [-0.2, -0.15) is 5.10 Å². The van der Waals surface area contributed by atoms with Crippen LogP contribution in [0.1, 0.15) is 39.2 Å². The van der Waals surface area contributed by atoms with Crippen LogP contribution in [0.15, 0.2) is 41.3 Å². The molecule has 6 nitrogen and oxygen atoms in total. The highest BCUT2D eigenvalue weighted by atomic mass is 32.2. The average Bonchev–Trinajstić information content (AvgIpc) is 3.47. The summed E-state index contributed by atoms with van der Waals surface area (Å²) in [7, 11) is -3.68. The highest BCUT2D eigenvalue weighted by Gasteiger charge is 2.28. The number of fused-ring (bicyclic) bond motifs is 1. The van der Waals surface area contributed by atoms with E-state index in [1.807, 2.05) is 11.6 Å². The van der Waals surface area contributed by atoms with E-state index in [4.69, 9.17) is 0 Å². The number of sulfonamides is 1. The number of hydrogen-bond donors (Lipinski definition) is 2. The van der Waals surface area contributed by atoms with Crippen LogP contribution in [0.25, 0.3) is 10.9 Å². The van der Waals surface area contributed by atoms with Crippen molar-refractivity contribution in [3.8, 4) is 0 Å². The van der Waals surface area contributed by atoms with Gasteiger partial charge in [-0.25, -0.2) is 21.9 Å². The van der Waals surface area contributed by atoms with Gasteiger partial charge in [0.1, 0.15) is 0 Å².